The lowest BCUT2D eigenvalue weighted by atomic mass is 9.93. The molecule has 1 atom stereocenters. The number of likely N-dealkylation sites (N-methyl/N-ethyl adjacent to an activating group) is 1. The van der Waals surface area contributed by atoms with Gasteiger partial charge in [0.15, 0.2) is 5.76 Å². The smallest absolute Gasteiger partial charge is 0.289 e. The molecule has 2 aliphatic heterocycles. The summed E-state index contributed by atoms with van der Waals surface area (Å²) in [4.78, 5) is 31.3. The number of carbonyl (C=O) groups is 2. The number of carbonyl (C=O) groups excluding carboxylic acids is 2. The number of hydrogen-bond acceptors (Lipinski definition) is 4. The molecular weight excluding hydrogens is 330 g/mol. The van der Waals surface area contributed by atoms with Gasteiger partial charge in [0, 0.05) is 51.3 Å². The highest BCUT2D eigenvalue weighted by atomic mass is 16.4. The van der Waals surface area contributed by atoms with Gasteiger partial charge in [0.25, 0.3) is 5.91 Å². The lowest BCUT2D eigenvalue weighted by Crippen LogP contribution is -2.47. The maximum atomic E-state index is 12.7. The van der Waals surface area contributed by atoms with Crippen molar-refractivity contribution in [2.75, 3.05) is 46.3 Å². The minimum Gasteiger partial charge on any atom is -0.456 e. The summed E-state index contributed by atoms with van der Waals surface area (Å²) in [6.07, 6.45) is 3.55. The second kappa shape index (κ2) is 8.25. The predicted octanol–water partition coefficient (Wildman–Crippen LogP) is 2.30. The first-order valence-electron chi connectivity index (χ1n) is 9.76. The maximum absolute atomic E-state index is 12.7. The van der Waals surface area contributed by atoms with Crippen LogP contribution in [0.4, 0.5) is 0 Å². The molecule has 2 saturated heterocycles. The van der Waals surface area contributed by atoms with Crippen LogP contribution in [0.2, 0.25) is 0 Å². The van der Waals surface area contributed by atoms with Crippen molar-refractivity contribution in [3.05, 3.63) is 23.2 Å². The zero-order valence-corrected chi connectivity index (χ0v) is 16.3. The molecule has 3 heterocycles. The van der Waals surface area contributed by atoms with E-state index >= 15 is 0 Å². The van der Waals surface area contributed by atoms with Gasteiger partial charge in [-0.05, 0) is 52.1 Å². The van der Waals surface area contributed by atoms with Crippen LogP contribution in [0.3, 0.4) is 0 Å². The first-order chi connectivity index (χ1) is 12.4. The number of furan rings is 1. The summed E-state index contributed by atoms with van der Waals surface area (Å²) < 4.78 is 5.59. The van der Waals surface area contributed by atoms with Gasteiger partial charge in [-0.2, -0.15) is 0 Å². The standard InChI is InChI=1S/C20H31N3O3/c1-15-13-16(2)26-19(15)20(25)23-8-4-5-17(14-23)6-7-18(24)22-11-9-21(3)10-12-22/h13,17H,4-12,14H2,1-3H3/t17-/m0/s1. The molecule has 1 aromatic heterocycles. The zero-order chi connectivity index (χ0) is 18.7. The summed E-state index contributed by atoms with van der Waals surface area (Å²) in [5.41, 5.74) is 0.903. The van der Waals surface area contributed by atoms with Gasteiger partial charge in [0.1, 0.15) is 5.76 Å². The molecule has 0 aliphatic carbocycles. The fourth-order valence-electron chi connectivity index (χ4n) is 4.02. The van der Waals surface area contributed by atoms with Crippen molar-refractivity contribution >= 4 is 11.8 Å². The lowest BCUT2D eigenvalue weighted by Gasteiger charge is -2.34. The van der Waals surface area contributed by atoms with Gasteiger partial charge in [-0.15, -0.1) is 0 Å². The second-order valence-electron chi connectivity index (χ2n) is 7.85. The Bertz CT molecular complexity index is 647. The third-order valence-electron chi connectivity index (χ3n) is 5.66. The quantitative estimate of drug-likeness (QED) is 0.826. The predicted molar refractivity (Wildman–Crippen MR) is 100 cm³/mol. The van der Waals surface area contributed by atoms with E-state index in [1.54, 1.807) is 0 Å². The Morgan fingerprint density at radius 1 is 1.12 bits per heavy atom. The molecule has 0 bridgehead atoms. The van der Waals surface area contributed by atoms with Crippen molar-refractivity contribution < 1.29 is 14.0 Å². The van der Waals surface area contributed by atoms with E-state index in [2.05, 4.69) is 11.9 Å². The fraction of sp³-hybridized carbons (Fsp3) is 0.700. The maximum Gasteiger partial charge on any atom is 0.289 e. The van der Waals surface area contributed by atoms with E-state index in [9.17, 15) is 9.59 Å². The largest absolute Gasteiger partial charge is 0.456 e. The van der Waals surface area contributed by atoms with Gasteiger partial charge in [-0.1, -0.05) is 0 Å². The number of hydrogen-bond donors (Lipinski definition) is 0. The molecule has 3 rings (SSSR count). The van der Waals surface area contributed by atoms with E-state index < -0.39 is 0 Å². The van der Waals surface area contributed by atoms with Gasteiger partial charge >= 0.3 is 0 Å². The van der Waals surface area contributed by atoms with E-state index in [4.69, 9.17) is 4.42 Å². The Kier molecular flexibility index (Phi) is 6.01. The normalized spacial score (nSPS) is 21.9. The van der Waals surface area contributed by atoms with Crippen LogP contribution in [-0.2, 0) is 4.79 Å². The van der Waals surface area contributed by atoms with Crippen molar-refractivity contribution in [2.24, 2.45) is 5.92 Å². The average molecular weight is 361 g/mol. The summed E-state index contributed by atoms with van der Waals surface area (Å²) in [6, 6.07) is 1.91. The minimum absolute atomic E-state index is 0.00862. The first-order valence-corrected chi connectivity index (χ1v) is 9.76. The highest BCUT2D eigenvalue weighted by Gasteiger charge is 2.28. The minimum atomic E-state index is -0.00862. The zero-order valence-electron chi connectivity index (χ0n) is 16.3. The summed E-state index contributed by atoms with van der Waals surface area (Å²) in [7, 11) is 2.09. The van der Waals surface area contributed by atoms with Crippen molar-refractivity contribution in [1.29, 1.82) is 0 Å². The molecule has 6 heteroatoms. The lowest BCUT2D eigenvalue weighted by molar-refractivity contribution is -0.133. The molecule has 0 N–H and O–H groups in total. The third kappa shape index (κ3) is 4.47. The molecule has 144 valence electrons. The van der Waals surface area contributed by atoms with E-state index in [1.165, 1.54) is 0 Å². The number of rotatable bonds is 4. The van der Waals surface area contributed by atoms with E-state index in [0.29, 0.717) is 18.1 Å². The van der Waals surface area contributed by atoms with E-state index in [0.717, 1.165) is 69.9 Å². The first kappa shape index (κ1) is 19.0. The second-order valence-corrected chi connectivity index (χ2v) is 7.85. The van der Waals surface area contributed by atoms with Crippen LogP contribution < -0.4 is 0 Å². The molecule has 0 radical (unpaired) electrons. The van der Waals surface area contributed by atoms with Crippen LogP contribution in [0.15, 0.2) is 10.5 Å². The summed E-state index contributed by atoms with van der Waals surface area (Å²) >= 11 is 0. The van der Waals surface area contributed by atoms with Crippen molar-refractivity contribution in [3.8, 4) is 0 Å². The number of piperidine rings is 1. The molecule has 1 aromatic rings. The van der Waals surface area contributed by atoms with E-state index in [1.807, 2.05) is 29.7 Å². The van der Waals surface area contributed by atoms with Gasteiger partial charge in [-0.3, -0.25) is 9.59 Å². The number of piperazine rings is 1. The molecule has 2 fully saturated rings. The molecule has 6 nitrogen and oxygen atoms in total. The van der Waals surface area contributed by atoms with Crippen LogP contribution in [0, 0.1) is 19.8 Å². The average Bonchev–Trinajstić information content (AvgIpc) is 2.98. The van der Waals surface area contributed by atoms with Gasteiger partial charge in [0.05, 0.1) is 0 Å². The van der Waals surface area contributed by atoms with Crippen LogP contribution in [0.5, 0.6) is 0 Å². The topological polar surface area (TPSA) is 57.0 Å². The Morgan fingerprint density at radius 3 is 2.50 bits per heavy atom. The van der Waals surface area contributed by atoms with Gasteiger partial charge in [-0.25, -0.2) is 0 Å². The van der Waals surface area contributed by atoms with Crippen LogP contribution >= 0.6 is 0 Å². The number of likely N-dealkylation sites (tertiary alicyclic amines) is 1. The van der Waals surface area contributed by atoms with Crippen molar-refractivity contribution in [3.63, 3.8) is 0 Å². The molecule has 0 unspecified atom stereocenters. The number of aryl methyl sites for hydroxylation is 2. The van der Waals surface area contributed by atoms with Crippen molar-refractivity contribution in [1.82, 2.24) is 14.7 Å². The molecule has 26 heavy (non-hydrogen) atoms. The summed E-state index contributed by atoms with van der Waals surface area (Å²) in [5.74, 6) is 1.90. The van der Waals surface area contributed by atoms with Crippen molar-refractivity contribution in [2.45, 2.75) is 39.5 Å². The highest BCUT2D eigenvalue weighted by Crippen LogP contribution is 2.24. The number of amides is 2. The summed E-state index contributed by atoms with van der Waals surface area (Å²) in [6.45, 7) is 8.88. The molecular formula is C20H31N3O3. The molecule has 0 aromatic carbocycles. The Labute approximate surface area is 156 Å². The van der Waals surface area contributed by atoms with E-state index in [-0.39, 0.29) is 11.8 Å². The van der Waals surface area contributed by atoms with Crippen LogP contribution in [0.1, 0.15) is 47.6 Å². The van der Waals surface area contributed by atoms with Crippen LogP contribution in [-0.4, -0.2) is 72.8 Å². The molecule has 0 saturated carbocycles. The number of nitrogens with zero attached hydrogens (tertiary/aromatic N) is 3. The molecule has 0 spiro atoms. The highest BCUT2D eigenvalue weighted by molar-refractivity contribution is 5.93. The summed E-state index contributed by atoms with van der Waals surface area (Å²) in [5, 5.41) is 0. The Balaban J connectivity index is 1.50. The van der Waals surface area contributed by atoms with Crippen LogP contribution in [0.25, 0.3) is 0 Å². The Morgan fingerprint density at radius 2 is 1.85 bits per heavy atom. The Hall–Kier alpha value is -1.82. The molecule has 2 amide bonds. The van der Waals surface area contributed by atoms with Gasteiger partial charge < -0.3 is 19.1 Å². The SMILES string of the molecule is Cc1cc(C)c(C(=O)N2CCC[C@@H](CCC(=O)N3CCN(C)CC3)C2)o1. The fourth-order valence-corrected chi connectivity index (χ4v) is 4.02. The third-order valence-corrected chi connectivity index (χ3v) is 5.66. The monoisotopic (exact) mass is 361 g/mol. The molecule has 2 aliphatic rings. The van der Waals surface area contributed by atoms with Gasteiger partial charge in [0.2, 0.25) is 5.91 Å².